The van der Waals surface area contributed by atoms with E-state index in [1.54, 1.807) is 6.92 Å². The quantitative estimate of drug-likeness (QED) is 0.650. The van der Waals surface area contributed by atoms with Crippen LogP contribution in [-0.2, 0) is 9.53 Å². The molecule has 0 heterocycles. The lowest BCUT2D eigenvalue weighted by Crippen LogP contribution is -2.11. The van der Waals surface area contributed by atoms with Gasteiger partial charge >= 0.3 is 6.09 Å². The number of hydrogen-bond acceptors (Lipinski definition) is 3. The number of nitrogens with two attached hydrogens (primary N) is 2. The molecule has 0 unspecified atom stereocenters. The lowest BCUT2D eigenvalue weighted by molar-refractivity contribution is -0.118. The molecule has 12 heavy (non-hydrogen) atoms. The van der Waals surface area contributed by atoms with Crippen molar-refractivity contribution in [3.63, 3.8) is 0 Å². The van der Waals surface area contributed by atoms with Crippen LogP contribution in [0.25, 0.3) is 0 Å². The van der Waals surface area contributed by atoms with Crippen LogP contribution in [0.3, 0.4) is 0 Å². The average molecular weight is 176 g/mol. The van der Waals surface area contributed by atoms with Gasteiger partial charge in [-0.1, -0.05) is 6.92 Å². The van der Waals surface area contributed by atoms with Crippen LogP contribution in [0.1, 0.15) is 26.7 Å². The van der Waals surface area contributed by atoms with E-state index in [0.29, 0.717) is 13.0 Å². The molecule has 0 aromatic carbocycles. The SMILES string of the molecule is CCCC(N)=O.CCOC(N)=O. The zero-order chi connectivity index (χ0) is 9.98. The van der Waals surface area contributed by atoms with E-state index >= 15 is 0 Å². The summed E-state index contributed by atoms with van der Waals surface area (Å²) in [6.45, 7) is 3.98. The normalized spacial score (nSPS) is 7.83. The van der Waals surface area contributed by atoms with Crippen LogP contribution in [0.15, 0.2) is 0 Å². The molecule has 0 aromatic rings. The maximum absolute atomic E-state index is 9.82. The van der Waals surface area contributed by atoms with Gasteiger partial charge in [0.15, 0.2) is 0 Å². The molecule has 0 fully saturated rings. The summed E-state index contributed by atoms with van der Waals surface area (Å²) in [5.74, 6) is -0.211. The van der Waals surface area contributed by atoms with E-state index in [9.17, 15) is 9.59 Å². The fraction of sp³-hybridized carbons (Fsp3) is 0.714. The Morgan fingerprint density at radius 2 is 1.75 bits per heavy atom. The number of amides is 2. The first-order chi connectivity index (χ1) is 5.54. The first-order valence-corrected chi connectivity index (χ1v) is 3.75. The number of primary amides is 2. The second-order valence-corrected chi connectivity index (χ2v) is 1.97. The zero-order valence-electron chi connectivity index (χ0n) is 7.50. The van der Waals surface area contributed by atoms with Gasteiger partial charge in [0, 0.05) is 6.42 Å². The van der Waals surface area contributed by atoms with Crippen molar-refractivity contribution >= 4 is 12.0 Å². The van der Waals surface area contributed by atoms with Crippen LogP contribution in [0.4, 0.5) is 4.79 Å². The van der Waals surface area contributed by atoms with Crippen molar-refractivity contribution < 1.29 is 14.3 Å². The minimum Gasteiger partial charge on any atom is -0.450 e. The second-order valence-electron chi connectivity index (χ2n) is 1.97. The lowest BCUT2D eigenvalue weighted by Gasteiger charge is -1.89. The van der Waals surface area contributed by atoms with Gasteiger partial charge in [-0.15, -0.1) is 0 Å². The van der Waals surface area contributed by atoms with Crippen LogP contribution in [0.5, 0.6) is 0 Å². The van der Waals surface area contributed by atoms with Crippen LogP contribution >= 0.6 is 0 Å². The van der Waals surface area contributed by atoms with Crippen molar-refractivity contribution in [2.75, 3.05) is 6.61 Å². The van der Waals surface area contributed by atoms with Gasteiger partial charge in [0.05, 0.1) is 6.61 Å². The summed E-state index contributed by atoms with van der Waals surface area (Å²) in [4.78, 5) is 19.4. The van der Waals surface area contributed by atoms with Crippen LogP contribution < -0.4 is 11.5 Å². The van der Waals surface area contributed by atoms with Crippen LogP contribution in [-0.4, -0.2) is 18.6 Å². The van der Waals surface area contributed by atoms with Crippen molar-refractivity contribution in [1.29, 1.82) is 0 Å². The van der Waals surface area contributed by atoms with E-state index in [2.05, 4.69) is 10.5 Å². The van der Waals surface area contributed by atoms with Crippen LogP contribution in [0, 0.1) is 0 Å². The molecule has 0 radical (unpaired) electrons. The van der Waals surface area contributed by atoms with E-state index in [1.165, 1.54) is 0 Å². The largest absolute Gasteiger partial charge is 0.450 e. The molecule has 0 rings (SSSR count). The van der Waals surface area contributed by atoms with E-state index < -0.39 is 6.09 Å². The summed E-state index contributed by atoms with van der Waals surface area (Å²) in [5, 5.41) is 0. The lowest BCUT2D eigenvalue weighted by atomic mass is 10.3. The minimum absolute atomic E-state index is 0.211. The third-order valence-corrected chi connectivity index (χ3v) is 0.783. The molecular formula is C7H16N2O3. The predicted octanol–water partition coefficient (Wildman–Crippen LogP) is 0.373. The molecule has 0 atom stereocenters. The Kier molecular flexibility index (Phi) is 10.8. The maximum Gasteiger partial charge on any atom is 0.404 e. The Balaban J connectivity index is 0. The molecule has 0 aliphatic heterocycles. The minimum atomic E-state index is -0.711. The highest BCUT2D eigenvalue weighted by Crippen LogP contribution is 1.79. The van der Waals surface area contributed by atoms with Gasteiger partial charge in [-0.25, -0.2) is 4.79 Å². The van der Waals surface area contributed by atoms with Crippen molar-refractivity contribution in [3.8, 4) is 0 Å². The molecule has 0 aliphatic carbocycles. The fourth-order valence-electron chi connectivity index (χ4n) is 0.389. The molecule has 0 saturated carbocycles. The summed E-state index contributed by atoms with van der Waals surface area (Å²) in [6, 6.07) is 0. The molecule has 5 nitrogen and oxygen atoms in total. The van der Waals surface area contributed by atoms with E-state index in [4.69, 9.17) is 5.73 Å². The van der Waals surface area contributed by atoms with Crippen molar-refractivity contribution in [3.05, 3.63) is 0 Å². The van der Waals surface area contributed by atoms with Crippen LogP contribution in [0.2, 0.25) is 0 Å². The number of ether oxygens (including phenoxy) is 1. The first kappa shape index (κ1) is 13.3. The first-order valence-electron chi connectivity index (χ1n) is 3.75. The maximum atomic E-state index is 9.82. The summed E-state index contributed by atoms with van der Waals surface area (Å²) in [6.07, 6.45) is 0.660. The highest BCUT2D eigenvalue weighted by molar-refractivity contribution is 5.73. The Morgan fingerprint density at radius 1 is 1.25 bits per heavy atom. The Hall–Kier alpha value is -1.26. The third kappa shape index (κ3) is 23.3. The van der Waals surface area contributed by atoms with Gasteiger partial charge in [-0.05, 0) is 13.3 Å². The van der Waals surface area contributed by atoms with E-state index in [1.807, 2.05) is 6.92 Å². The second kappa shape index (κ2) is 9.74. The Labute approximate surface area is 72.1 Å². The average Bonchev–Trinajstić information content (AvgIpc) is 1.87. The zero-order valence-corrected chi connectivity index (χ0v) is 7.50. The van der Waals surface area contributed by atoms with Gasteiger partial charge in [0.1, 0.15) is 0 Å². The summed E-state index contributed by atoms with van der Waals surface area (Å²) in [7, 11) is 0. The van der Waals surface area contributed by atoms with Gasteiger partial charge < -0.3 is 16.2 Å². The monoisotopic (exact) mass is 176 g/mol. The molecule has 5 heteroatoms. The highest BCUT2D eigenvalue weighted by Gasteiger charge is 1.84. The number of hydrogen-bond donors (Lipinski definition) is 2. The number of carbonyl (C=O) groups excluding carboxylic acids is 2. The molecular weight excluding hydrogens is 160 g/mol. The summed E-state index contributed by atoms with van der Waals surface area (Å²) >= 11 is 0. The van der Waals surface area contributed by atoms with E-state index in [-0.39, 0.29) is 5.91 Å². The Bertz CT molecular complexity index is 121. The number of carbonyl (C=O) groups is 2. The summed E-state index contributed by atoms with van der Waals surface area (Å²) < 4.78 is 4.18. The van der Waals surface area contributed by atoms with Crippen molar-refractivity contribution in [2.45, 2.75) is 26.7 Å². The molecule has 4 N–H and O–H groups in total. The smallest absolute Gasteiger partial charge is 0.404 e. The van der Waals surface area contributed by atoms with Gasteiger partial charge in [0.25, 0.3) is 0 Å². The molecule has 0 bridgehead atoms. The standard InChI is InChI=1S/C4H9NO.C3H7NO2/c1-2-3-4(5)6;1-2-6-3(4)5/h2-3H2,1H3,(H2,5,6);2H2,1H3,(H2,4,5). The molecule has 72 valence electrons. The highest BCUT2D eigenvalue weighted by atomic mass is 16.5. The number of rotatable bonds is 3. The topological polar surface area (TPSA) is 95.4 Å². The van der Waals surface area contributed by atoms with Crippen molar-refractivity contribution in [2.24, 2.45) is 11.5 Å². The predicted molar refractivity (Wildman–Crippen MR) is 45.3 cm³/mol. The molecule has 0 spiro atoms. The van der Waals surface area contributed by atoms with E-state index in [0.717, 1.165) is 6.42 Å². The summed E-state index contributed by atoms with van der Waals surface area (Å²) in [5.41, 5.74) is 9.31. The fourth-order valence-corrected chi connectivity index (χ4v) is 0.389. The molecule has 0 saturated heterocycles. The molecule has 0 aromatic heterocycles. The molecule has 2 amide bonds. The van der Waals surface area contributed by atoms with Crippen molar-refractivity contribution in [1.82, 2.24) is 0 Å². The third-order valence-electron chi connectivity index (χ3n) is 0.783. The molecule has 0 aliphatic rings. The van der Waals surface area contributed by atoms with Gasteiger partial charge in [-0.2, -0.15) is 0 Å². The van der Waals surface area contributed by atoms with Gasteiger partial charge in [-0.3, -0.25) is 4.79 Å². The Morgan fingerprint density at radius 3 is 1.75 bits per heavy atom. The van der Waals surface area contributed by atoms with Gasteiger partial charge in [0.2, 0.25) is 5.91 Å².